The summed E-state index contributed by atoms with van der Waals surface area (Å²) in [5.41, 5.74) is 2.65. The summed E-state index contributed by atoms with van der Waals surface area (Å²) in [5.74, 6) is -3.05. The van der Waals surface area contributed by atoms with E-state index in [0.717, 1.165) is 20.5 Å². The van der Waals surface area contributed by atoms with Crippen LogP contribution in [0.1, 0.15) is 27.5 Å². The summed E-state index contributed by atoms with van der Waals surface area (Å²) >= 11 is 3.39. The molecule has 3 aromatic rings. The number of hydrogen-bond donors (Lipinski definition) is 0. The molecule has 6 rings (SSSR count). The Balaban J connectivity index is 1.49. The largest absolute Gasteiger partial charge is 0.358 e. The second-order valence-electron chi connectivity index (χ2n) is 8.69. The standard InChI is InChI=1S/C27H18BrFN2O3/c28-17-7-5-16(6-8-17)25(32)24-22-21(23-20-4-2-1-3-15(20)13-14-30(23)24)26(33)31(27(22)34)19-11-9-18(29)10-12-19/h1-14,21-24H/t21-,22+,23+,24-/m0/s1. The molecule has 0 saturated carbocycles. The van der Waals surface area contributed by atoms with E-state index in [0.29, 0.717) is 11.3 Å². The topological polar surface area (TPSA) is 57.7 Å². The maximum atomic E-state index is 13.8. The van der Waals surface area contributed by atoms with Crippen molar-refractivity contribution in [3.05, 3.63) is 106 Å². The van der Waals surface area contributed by atoms with E-state index >= 15 is 0 Å². The minimum atomic E-state index is -0.852. The minimum Gasteiger partial charge on any atom is -0.358 e. The van der Waals surface area contributed by atoms with E-state index in [2.05, 4.69) is 15.9 Å². The van der Waals surface area contributed by atoms with Gasteiger partial charge in [-0.3, -0.25) is 14.4 Å². The van der Waals surface area contributed by atoms with Crippen molar-refractivity contribution in [3.8, 4) is 0 Å². The number of rotatable bonds is 3. The van der Waals surface area contributed by atoms with Crippen LogP contribution in [0, 0.1) is 17.7 Å². The number of hydrogen-bond acceptors (Lipinski definition) is 4. The van der Waals surface area contributed by atoms with Gasteiger partial charge >= 0.3 is 0 Å². The molecule has 2 amide bonds. The average molecular weight is 517 g/mol. The van der Waals surface area contributed by atoms with E-state index in [1.54, 1.807) is 24.3 Å². The van der Waals surface area contributed by atoms with Crippen molar-refractivity contribution in [3.63, 3.8) is 0 Å². The third-order valence-corrected chi connectivity index (χ3v) is 7.47. The normalized spacial score (nSPS) is 24.8. The van der Waals surface area contributed by atoms with E-state index in [9.17, 15) is 18.8 Å². The zero-order valence-electron chi connectivity index (χ0n) is 17.8. The van der Waals surface area contributed by atoms with Gasteiger partial charge in [-0.15, -0.1) is 0 Å². The van der Waals surface area contributed by atoms with Crippen LogP contribution in [0.5, 0.6) is 0 Å². The zero-order chi connectivity index (χ0) is 23.6. The number of carbonyl (C=O) groups is 3. The van der Waals surface area contributed by atoms with Crippen molar-refractivity contribution in [2.75, 3.05) is 4.90 Å². The molecule has 0 aromatic heterocycles. The van der Waals surface area contributed by atoms with Gasteiger partial charge in [0.25, 0.3) is 0 Å². The molecule has 3 heterocycles. The lowest BCUT2D eigenvalue weighted by Gasteiger charge is -2.35. The molecule has 0 unspecified atom stereocenters. The molecule has 0 N–H and O–H groups in total. The quantitative estimate of drug-likeness (QED) is 0.363. The summed E-state index contributed by atoms with van der Waals surface area (Å²) in [6.45, 7) is 0. The average Bonchev–Trinajstić information content (AvgIpc) is 3.32. The molecule has 7 heteroatoms. The van der Waals surface area contributed by atoms with Gasteiger partial charge in [0.1, 0.15) is 11.9 Å². The molecular formula is C27H18BrFN2O3. The van der Waals surface area contributed by atoms with Gasteiger partial charge in [-0.25, -0.2) is 9.29 Å². The molecule has 0 bridgehead atoms. The van der Waals surface area contributed by atoms with E-state index < -0.39 is 35.6 Å². The summed E-state index contributed by atoms with van der Waals surface area (Å²) in [7, 11) is 0. The number of fused-ring (bicyclic) bond motifs is 5. The molecule has 0 spiro atoms. The maximum absolute atomic E-state index is 13.8. The number of ketones is 1. The van der Waals surface area contributed by atoms with Gasteiger partial charge in [-0.1, -0.05) is 52.3 Å². The van der Waals surface area contributed by atoms with Crippen LogP contribution in [-0.2, 0) is 9.59 Å². The van der Waals surface area contributed by atoms with E-state index in [1.165, 1.54) is 24.3 Å². The first-order valence-electron chi connectivity index (χ1n) is 10.9. The molecule has 3 aromatic carbocycles. The maximum Gasteiger partial charge on any atom is 0.240 e. The van der Waals surface area contributed by atoms with Crippen molar-refractivity contribution >= 4 is 45.3 Å². The number of halogens is 2. The lowest BCUT2D eigenvalue weighted by atomic mass is 9.83. The van der Waals surface area contributed by atoms with Crippen molar-refractivity contribution in [2.24, 2.45) is 11.8 Å². The number of anilines is 1. The first kappa shape index (κ1) is 21.0. The highest BCUT2D eigenvalue weighted by atomic mass is 79.9. The monoisotopic (exact) mass is 516 g/mol. The highest BCUT2D eigenvalue weighted by Crippen LogP contribution is 2.53. The number of nitrogens with zero attached hydrogens (tertiary/aromatic N) is 2. The number of carbonyl (C=O) groups excluding carboxylic acids is 3. The molecular weight excluding hydrogens is 499 g/mol. The molecule has 4 atom stereocenters. The summed E-state index contributed by atoms with van der Waals surface area (Å²) in [6.07, 6.45) is 3.75. The van der Waals surface area contributed by atoms with Crippen LogP contribution in [0.2, 0.25) is 0 Å². The number of amides is 2. The lowest BCUT2D eigenvalue weighted by Crippen LogP contribution is -2.44. The second kappa shape index (κ2) is 7.74. The van der Waals surface area contributed by atoms with Crippen molar-refractivity contribution in [1.29, 1.82) is 0 Å². The molecule has 0 aliphatic carbocycles. The molecule has 0 radical (unpaired) electrons. The Hall–Kier alpha value is -3.58. The number of benzene rings is 3. The molecule has 3 aliphatic rings. The van der Waals surface area contributed by atoms with Crippen LogP contribution < -0.4 is 4.90 Å². The van der Waals surface area contributed by atoms with Gasteiger partial charge in [-0.05, 0) is 53.6 Å². The summed E-state index contributed by atoms with van der Waals surface area (Å²) in [5, 5.41) is 0. The Morgan fingerprint density at radius 3 is 2.26 bits per heavy atom. The van der Waals surface area contributed by atoms with Gasteiger partial charge in [0, 0.05) is 16.2 Å². The van der Waals surface area contributed by atoms with Crippen LogP contribution in [0.15, 0.2) is 83.5 Å². The van der Waals surface area contributed by atoms with Crippen molar-refractivity contribution in [1.82, 2.24) is 4.90 Å². The van der Waals surface area contributed by atoms with Gasteiger partial charge < -0.3 is 4.90 Å². The van der Waals surface area contributed by atoms with Crippen molar-refractivity contribution in [2.45, 2.75) is 12.1 Å². The highest BCUT2D eigenvalue weighted by molar-refractivity contribution is 9.10. The predicted molar refractivity (Wildman–Crippen MR) is 128 cm³/mol. The fraction of sp³-hybridized carbons (Fsp3) is 0.148. The fourth-order valence-electron chi connectivity index (χ4n) is 5.49. The molecule has 34 heavy (non-hydrogen) atoms. The van der Waals surface area contributed by atoms with Crippen molar-refractivity contribution < 1.29 is 18.8 Å². The summed E-state index contributed by atoms with van der Waals surface area (Å²) in [6, 6.07) is 18.7. The Bertz CT molecular complexity index is 1370. The van der Waals surface area contributed by atoms with Crippen LogP contribution in [0.4, 0.5) is 10.1 Å². The first-order chi connectivity index (χ1) is 16.5. The van der Waals surface area contributed by atoms with Gasteiger partial charge in [0.15, 0.2) is 5.78 Å². The van der Waals surface area contributed by atoms with E-state index in [-0.39, 0.29) is 11.7 Å². The van der Waals surface area contributed by atoms with E-state index in [1.807, 2.05) is 41.4 Å². The van der Waals surface area contributed by atoms with Crippen LogP contribution >= 0.6 is 15.9 Å². The second-order valence-corrected chi connectivity index (χ2v) is 9.61. The molecule has 5 nitrogen and oxygen atoms in total. The van der Waals surface area contributed by atoms with Crippen LogP contribution in [0.25, 0.3) is 6.08 Å². The zero-order valence-corrected chi connectivity index (χ0v) is 19.4. The Labute approximate surface area is 203 Å². The molecule has 2 fully saturated rings. The van der Waals surface area contributed by atoms with Gasteiger partial charge in [-0.2, -0.15) is 0 Å². The third kappa shape index (κ3) is 3.00. The third-order valence-electron chi connectivity index (χ3n) is 6.94. The molecule has 2 saturated heterocycles. The van der Waals surface area contributed by atoms with Crippen LogP contribution in [0.3, 0.4) is 0 Å². The minimum absolute atomic E-state index is 0.212. The number of Topliss-reactive ketones (excluding diaryl/α,β-unsaturated/α-hetero) is 1. The molecule has 3 aliphatic heterocycles. The SMILES string of the molecule is O=C(c1ccc(Br)cc1)[C@@H]1[C@@H]2C(=O)N(c3ccc(F)cc3)C(=O)[C@@H]2[C@H]2c3ccccc3C=CN12. The Kier molecular flexibility index (Phi) is 4.78. The smallest absolute Gasteiger partial charge is 0.240 e. The van der Waals surface area contributed by atoms with Gasteiger partial charge in [0.05, 0.1) is 23.6 Å². The molecule has 168 valence electrons. The van der Waals surface area contributed by atoms with Gasteiger partial charge in [0.2, 0.25) is 11.8 Å². The number of imide groups is 1. The summed E-state index contributed by atoms with van der Waals surface area (Å²) in [4.78, 5) is 44.3. The predicted octanol–water partition coefficient (Wildman–Crippen LogP) is 4.99. The first-order valence-corrected chi connectivity index (χ1v) is 11.7. The Morgan fingerprint density at radius 1 is 0.853 bits per heavy atom. The Morgan fingerprint density at radius 2 is 1.53 bits per heavy atom. The van der Waals surface area contributed by atoms with Crippen LogP contribution in [-0.4, -0.2) is 28.5 Å². The highest BCUT2D eigenvalue weighted by Gasteiger charge is 2.64. The summed E-state index contributed by atoms with van der Waals surface area (Å²) < 4.78 is 14.4. The lowest BCUT2D eigenvalue weighted by molar-refractivity contribution is -0.123. The fourth-order valence-corrected chi connectivity index (χ4v) is 5.75. The van der Waals surface area contributed by atoms with E-state index in [4.69, 9.17) is 0 Å².